The van der Waals surface area contributed by atoms with Crippen LogP contribution in [-0.2, 0) is 11.3 Å². The van der Waals surface area contributed by atoms with Crippen molar-refractivity contribution in [2.75, 3.05) is 7.11 Å². The number of ether oxygens (including phenoxy) is 3. The fourth-order valence-corrected chi connectivity index (χ4v) is 2.80. The molecule has 0 unspecified atom stereocenters. The van der Waals surface area contributed by atoms with Gasteiger partial charge >= 0.3 is 5.97 Å². The van der Waals surface area contributed by atoms with Crippen molar-refractivity contribution in [2.24, 2.45) is 0 Å². The Labute approximate surface area is 139 Å². The van der Waals surface area contributed by atoms with E-state index in [-0.39, 0.29) is 35.2 Å². The molecule has 0 bridgehead atoms. The van der Waals surface area contributed by atoms with Gasteiger partial charge in [-0.15, -0.1) is 0 Å². The van der Waals surface area contributed by atoms with E-state index in [1.807, 2.05) is 0 Å². The summed E-state index contributed by atoms with van der Waals surface area (Å²) in [5.41, 5.74) is 2.15. The van der Waals surface area contributed by atoms with Crippen LogP contribution in [0.1, 0.15) is 32.6 Å². The lowest BCUT2D eigenvalue weighted by Crippen LogP contribution is -2.11. The molecule has 6 nitrogen and oxygen atoms in total. The number of aryl methyl sites for hydroxylation is 2. The third-order valence-electron chi connectivity index (χ3n) is 4.09. The third kappa shape index (κ3) is 2.35. The predicted octanol–water partition coefficient (Wildman–Crippen LogP) is 3.49. The molecule has 24 heavy (non-hydrogen) atoms. The van der Waals surface area contributed by atoms with E-state index in [4.69, 9.17) is 14.2 Å². The normalized spacial score (nSPS) is 12.8. The summed E-state index contributed by atoms with van der Waals surface area (Å²) in [7, 11) is 1.49. The summed E-state index contributed by atoms with van der Waals surface area (Å²) in [5, 5.41) is 20.2. The average molecular weight is 330 g/mol. The molecule has 0 fully saturated rings. The van der Waals surface area contributed by atoms with Crippen LogP contribution in [0.4, 0.5) is 0 Å². The number of esters is 1. The fraction of sp³-hybridized carbons (Fsp3) is 0.278. The minimum Gasteiger partial charge on any atom is -0.508 e. The number of hydrogen-bond donors (Lipinski definition) is 2. The Bertz CT molecular complexity index is 854. The van der Waals surface area contributed by atoms with Gasteiger partial charge in [0.1, 0.15) is 17.1 Å². The summed E-state index contributed by atoms with van der Waals surface area (Å²) in [6.45, 7) is 5.14. The molecule has 6 heteroatoms. The number of hydrogen-bond acceptors (Lipinski definition) is 6. The molecule has 0 saturated heterocycles. The van der Waals surface area contributed by atoms with Gasteiger partial charge in [-0.25, -0.2) is 4.79 Å². The Morgan fingerprint density at radius 1 is 0.958 bits per heavy atom. The third-order valence-corrected chi connectivity index (χ3v) is 4.09. The number of phenols is 2. The molecule has 2 aromatic carbocycles. The first-order chi connectivity index (χ1) is 11.3. The van der Waals surface area contributed by atoms with E-state index in [0.717, 1.165) is 0 Å². The van der Waals surface area contributed by atoms with Gasteiger partial charge in [-0.2, -0.15) is 0 Å². The molecule has 0 saturated carbocycles. The van der Waals surface area contributed by atoms with Crippen LogP contribution in [-0.4, -0.2) is 23.3 Å². The summed E-state index contributed by atoms with van der Waals surface area (Å²) in [6, 6.07) is 3.02. The molecular weight excluding hydrogens is 312 g/mol. The molecular formula is C18H18O6. The predicted molar refractivity (Wildman–Crippen MR) is 86.2 cm³/mol. The van der Waals surface area contributed by atoms with E-state index >= 15 is 0 Å². The Morgan fingerprint density at radius 2 is 1.62 bits per heavy atom. The monoisotopic (exact) mass is 330 g/mol. The van der Waals surface area contributed by atoms with Gasteiger partial charge in [0.15, 0.2) is 17.2 Å². The highest BCUT2D eigenvalue weighted by atomic mass is 16.6. The maximum atomic E-state index is 12.6. The van der Waals surface area contributed by atoms with Gasteiger partial charge in [0.2, 0.25) is 0 Å². The molecule has 0 atom stereocenters. The van der Waals surface area contributed by atoms with Crippen molar-refractivity contribution >= 4 is 5.97 Å². The van der Waals surface area contributed by atoms with Gasteiger partial charge in [0, 0.05) is 12.7 Å². The van der Waals surface area contributed by atoms with Crippen molar-refractivity contribution in [1.29, 1.82) is 0 Å². The number of rotatable bonds is 2. The molecule has 0 aromatic heterocycles. The minimum absolute atomic E-state index is 0.0162. The number of carbonyl (C=O) groups excluding carboxylic acids is 1. The molecule has 0 radical (unpaired) electrons. The van der Waals surface area contributed by atoms with Crippen LogP contribution in [0, 0.1) is 20.8 Å². The zero-order valence-corrected chi connectivity index (χ0v) is 13.9. The van der Waals surface area contributed by atoms with E-state index < -0.39 is 5.97 Å². The Balaban J connectivity index is 2.32. The molecule has 2 aromatic rings. The Hall–Kier alpha value is -2.73. The van der Waals surface area contributed by atoms with E-state index in [2.05, 4.69) is 0 Å². The van der Waals surface area contributed by atoms with Crippen LogP contribution in [0.2, 0.25) is 0 Å². The summed E-state index contributed by atoms with van der Waals surface area (Å²) in [5.74, 6) is 0.122. The smallest absolute Gasteiger partial charge is 0.347 e. The Kier molecular flexibility index (Phi) is 3.85. The number of methoxy groups -OCH3 is 1. The van der Waals surface area contributed by atoms with Crippen molar-refractivity contribution in [3.8, 4) is 28.7 Å². The summed E-state index contributed by atoms with van der Waals surface area (Å²) >= 11 is 0. The fourth-order valence-electron chi connectivity index (χ4n) is 2.80. The second-order valence-electron chi connectivity index (χ2n) is 5.82. The van der Waals surface area contributed by atoms with Crippen LogP contribution in [0.5, 0.6) is 28.7 Å². The highest BCUT2D eigenvalue weighted by Crippen LogP contribution is 2.48. The molecule has 0 spiro atoms. The van der Waals surface area contributed by atoms with E-state index in [1.165, 1.54) is 13.2 Å². The van der Waals surface area contributed by atoms with Crippen molar-refractivity contribution < 1.29 is 29.2 Å². The summed E-state index contributed by atoms with van der Waals surface area (Å²) in [6.07, 6.45) is 0. The summed E-state index contributed by atoms with van der Waals surface area (Å²) < 4.78 is 16.6. The van der Waals surface area contributed by atoms with Gasteiger partial charge in [-0.1, -0.05) is 0 Å². The second kappa shape index (κ2) is 5.72. The lowest BCUT2D eigenvalue weighted by Gasteiger charge is -2.16. The van der Waals surface area contributed by atoms with Crippen LogP contribution in [0.25, 0.3) is 0 Å². The molecule has 0 aliphatic carbocycles. The minimum atomic E-state index is -0.605. The molecule has 3 rings (SSSR count). The summed E-state index contributed by atoms with van der Waals surface area (Å²) in [4.78, 5) is 12.6. The molecule has 0 amide bonds. The maximum Gasteiger partial charge on any atom is 0.347 e. The lowest BCUT2D eigenvalue weighted by molar-refractivity contribution is 0.0735. The average Bonchev–Trinajstić information content (AvgIpc) is 2.66. The van der Waals surface area contributed by atoms with Crippen LogP contribution < -0.4 is 9.47 Å². The van der Waals surface area contributed by atoms with Gasteiger partial charge in [0.25, 0.3) is 0 Å². The number of fused-ring (bicyclic) bond motifs is 2. The van der Waals surface area contributed by atoms with Crippen LogP contribution in [0.3, 0.4) is 0 Å². The van der Waals surface area contributed by atoms with Crippen molar-refractivity contribution in [3.05, 3.63) is 39.9 Å². The molecule has 2 N–H and O–H groups in total. The van der Waals surface area contributed by atoms with Crippen LogP contribution in [0.15, 0.2) is 12.1 Å². The van der Waals surface area contributed by atoms with Crippen molar-refractivity contribution in [3.63, 3.8) is 0 Å². The first-order valence-electron chi connectivity index (χ1n) is 7.42. The molecule has 1 aliphatic heterocycles. The zero-order valence-electron chi connectivity index (χ0n) is 13.9. The number of phenolic OH excluding ortho intramolecular Hbond substituents is 2. The molecule has 1 aliphatic rings. The first kappa shape index (κ1) is 16.1. The topological polar surface area (TPSA) is 85.2 Å². The molecule has 126 valence electrons. The SMILES string of the molecule is COCc1c(O)cc(C)c2c1Oc1c(C)cc(O)c(C)c1OC2=O. The lowest BCUT2D eigenvalue weighted by atomic mass is 10.0. The van der Waals surface area contributed by atoms with Gasteiger partial charge in [0.05, 0.1) is 12.2 Å². The van der Waals surface area contributed by atoms with Crippen molar-refractivity contribution in [1.82, 2.24) is 0 Å². The maximum absolute atomic E-state index is 12.6. The van der Waals surface area contributed by atoms with E-state index in [9.17, 15) is 15.0 Å². The largest absolute Gasteiger partial charge is 0.508 e. The van der Waals surface area contributed by atoms with E-state index in [0.29, 0.717) is 28.0 Å². The second-order valence-corrected chi connectivity index (χ2v) is 5.82. The van der Waals surface area contributed by atoms with Gasteiger partial charge in [-0.3, -0.25) is 0 Å². The highest BCUT2D eigenvalue weighted by Gasteiger charge is 2.31. The van der Waals surface area contributed by atoms with Crippen LogP contribution >= 0.6 is 0 Å². The zero-order chi connectivity index (χ0) is 17.6. The molecule has 1 heterocycles. The standard InChI is InChI=1S/C18H18O6/c1-8-5-13(20)11(7-22-4)17-14(8)18(21)24-16-10(3)12(19)6-9(2)15(16)23-17/h5-6,19-20H,7H2,1-4H3. The first-order valence-corrected chi connectivity index (χ1v) is 7.42. The number of aromatic hydroxyl groups is 2. The Morgan fingerprint density at radius 3 is 2.29 bits per heavy atom. The highest BCUT2D eigenvalue weighted by molar-refractivity contribution is 5.98. The van der Waals surface area contributed by atoms with E-state index in [1.54, 1.807) is 26.8 Å². The van der Waals surface area contributed by atoms with Gasteiger partial charge < -0.3 is 24.4 Å². The number of carbonyl (C=O) groups is 1. The van der Waals surface area contributed by atoms with Gasteiger partial charge in [-0.05, 0) is 44.0 Å². The van der Waals surface area contributed by atoms with Crippen molar-refractivity contribution in [2.45, 2.75) is 27.4 Å². The quantitative estimate of drug-likeness (QED) is 0.647. The number of benzene rings is 2.